The van der Waals surface area contributed by atoms with Gasteiger partial charge in [0.15, 0.2) is 0 Å². The van der Waals surface area contributed by atoms with Crippen LogP contribution in [0.2, 0.25) is 0 Å². The molecule has 1 aromatic rings. The maximum absolute atomic E-state index is 13.4. The minimum Gasteiger partial charge on any atom is -0.371 e. The van der Waals surface area contributed by atoms with Crippen LogP contribution >= 0.6 is 0 Å². The molecular weight excluding hydrogens is 251 g/mol. The van der Waals surface area contributed by atoms with Gasteiger partial charge in [0.25, 0.3) is 0 Å². The molecule has 112 valence electrons. The maximum atomic E-state index is 13.4. The fraction of sp³-hybridized carbons (Fsp3) is 0.647. The second-order valence-electron chi connectivity index (χ2n) is 6.41. The van der Waals surface area contributed by atoms with E-state index < -0.39 is 0 Å². The SMILES string of the molecule is CC(C)C1CCCN(c2ccc(F)cc2[C@@H](C)N)CC1. The summed E-state index contributed by atoms with van der Waals surface area (Å²) in [5.41, 5.74) is 8.05. The Kier molecular flexibility index (Phi) is 5.03. The van der Waals surface area contributed by atoms with Gasteiger partial charge in [-0.1, -0.05) is 13.8 Å². The summed E-state index contributed by atoms with van der Waals surface area (Å²) in [5.74, 6) is 1.35. The second kappa shape index (κ2) is 6.57. The van der Waals surface area contributed by atoms with E-state index in [1.807, 2.05) is 13.0 Å². The normalized spacial score (nSPS) is 21.9. The molecule has 1 aliphatic rings. The Hall–Kier alpha value is -1.09. The van der Waals surface area contributed by atoms with Crippen molar-refractivity contribution in [3.05, 3.63) is 29.6 Å². The first-order chi connectivity index (χ1) is 9.49. The monoisotopic (exact) mass is 278 g/mol. The Bertz CT molecular complexity index is 443. The van der Waals surface area contributed by atoms with Gasteiger partial charge >= 0.3 is 0 Å². The van der Waals surface area contributed by atoms with Gasteiger partial charge in [0.2, 0.25) is 0 Å². The molecule has 2 atom stereocenters. The summed E-state index contributed by atoms with van der Waals surface area (Å²) in [7, 11) is 0. The van der Waals surface area contributed by atoms with Crippen molar-refractivity contribution in [3.8, 4) is 0 Å². The van der Waals surface area contributed by atoms with Crippen molar-refractivity contribution in [3.63, 3.8) is 0 Å². The Morgan fingerprint density at radius 1 is 1.20 bits per heavy atom. The molecule has 0 aliphatic carbocycles. The largest absolute Gasteiger partial charge is 0.371 e. The van der Waals surface area contributed by atoms with Gasteiger partial charge in [-0.05, 0) is 61.8 Å². The highest BCUT2D eigenvalue weighted by Crippen LogP contribution is 2.31. The van der Waals surface area contributed by atoms with Crippen molar-refractivity contribution < 1.29 is 4.39 Å². The molecule has 0 bridgehead atoms. The Morgan fingerprint density at radius 3 is 2.60 bits per heavy atom. The van der Waals surface area contributed by atoms with Gasteiger partial charge in [0.1, 0.15) is 5.82 Å². The molecule has 0 amide bonds. The molecule has 1 saturated heterocycles. The number of benzene rings is 1. The summed E-state index contributed by atoms with van der Waals surface area (Å²) in [6, 6.07) is 4.89. The Morgan fingerprint density at radius 2 is 1.95 bits per heavy atom. The molecule has 2 rings (SSSR count). The first-order valence-corrected chi connectivity index (χ1v) is 7.79. The summed E-state index contributed by atoms with van der Waals surface area (Å²) in [4.78, 5) is 2.39. The van der Waals surface area contributed by atoms with E-state index in [9.17, 15) is 4.39 Å². The van der Waals surface area contributed by atoms with E-state index in [1.165, 1.54) is 19.3 Å². The number of rotatable bonds is 3. The number of nitrogens with two attached hydrogens (primary N) is 1. The molecular formula is C17H27FN2. The molecule has 0 spiro atoms. The molecule has 1 aromatic carbocycles. The van der Waals surface area contributed by atoms with Crippen molar-refractivity contribution in [1.29, 1.82) is 0 Å². The van der Waals surface area contributed by atoms with Gasteiger partial charge in [-0.25, -0.2) is 4.39 Å². The van der Waals surface area contributed by atoms with E-state index in [0.717, 1.165) is 36.2 Å². The lowest BCUT2D eigenvalue weighted by Gasteiger charge is -2.27. The highest BCUT2D eigenvalue weighted by Gasteiger charge is 2.21. The Balaban J connectivity index is 2.19. The van der Waals surface area contributed by atoms with Crippen molar-refractivity contribution in [2.24, 2.45) is 17.6 Å². The van der Waals surface area contributed by atoms with E-state index in [2.05, 4.69) is 18.7 Å². The smallest absolute Gasteiger partial charge is 0.123 e. The third-order valence-electron chi connectivity index (χ3n) is 4.54. The van der Waals surface area contributed by atoms with Crippen LogP contribution in [0.4, 0.5) is 10.1 Å². The summed E-state index contributed by atoms with van der Waals surface area (Å²) in [6.07, 6.45) is 3.72. The second-order valence-corrected chi connectivity index (χ2v) is 6.41. The molecule has 1 fully saturated rings. The number of hydrogen-bond acceptors (Lipinski definition) is 2. The highest BCUT2D eigenvalue weighted by atomic mass is 19.1. The van der Waals surface area contributed by atoms with E-state index in [0.29, 0.717) is 0 Å². The average Bonchev–Trinajstić information content (AvgIpc) is 2.64. The zero-order chi connectivity index (χ0) is 14.7. The minimum absolute atomic E-state index is 0.134. The molecule has 2 nitrogen and oxygen atoms in total. The topological polar surface area (TPSA) is 29.3 Å². The fourth-order valence-corrected chi connectivity index (χ4v) is 3.21. The van der Waals surface area contributed by atoms with Gasteiger partial charge in [0, 0.05) is 24.8 Å². The third kappa shape index (κ3) is 3.51. The number of hydrogen-bond donors (Lipinski definition) is 1. The molecule has 2 N–H and O–H groups in total. The zero-order valence-electron chi connectivity index (χ0n) is 12.9. The summed E-state index contributed by atoms with van der Waals surface area (Å²) < 4.78 is 13.4. The maximum Gasteiger partial charge on any atom is 0.123 e. The van der Waals surface area contributed by atoms with Gasteiger partial charge in [-0.2, -0.15) is 0 Å². The minimum atomic E-state index is -0.198. The Labute approximate surface area is 122 Å². The summed E-state index contributed by atoms with van der Waals surface area (Å²) >= 11 is 0. The molecule has 0 saturated carbocycles. The first kappa shape index (κ1) is 15.3. The van der Waals surface area contributed by atoms with Gasteiger partial charge < -0.3 is 10.6 Å². The molecule has 0 aromatic heterocycles. The molecule has 20 heavy (non-hydrogen) atoms. The molecule has 1 heterocycles. The van der Waals surface area contributed by atoms with Crippen LogP contribution in [0.3, 0.4) is 0 Å². The van der Waals surface area contributed by atoms with Gasteiger partial charge in [0.05, 0.1) is 0 Å². The highest BCUT2D eigenvalue weighted by molar-refractivity contribution is 5.55. The van der Waals surface area contributed by atoms with Crippen LogP contribution in [0.5, 0.6) is 0 Å². The molecule has 1 aliphatic heterocycles. The average molecular weight is 278 g/mol. The summed E-state index contributed by atoms with van der Waals surface area (Å²) in [6.45, 7) is 8.65. The lowest BCUT2D eigenvalue weighted by atomic mass is 9.89. The molecule has 1 unspecified atom stereocenters. The van der Waals surface area contributed by atoms with E-state index >= 15 is 0 Å². The van der Waals surface area contributed by atoms with Crippen LogP contribution in [0.15, 0.2) is 18.2 Å². The van der Waals surface area contributed by atoms with Crippen molar-refractivity contribution in [2.45, 2.75) is 46.1 Å². The van der Waals surface area contributed by atoms with E-state index in [-0.39, 0.29) is 11.9 Å². The van der Waals surface area contributed by atoms with Gasteiger partial charge in [-0.15, -0.1) is 0 Å². The predicted molar refractivity (Wildman–Crippen MR) is 83.4 cm³/mol. The van der Waals surface area contributed by atoms with Crippen LogP contribution in [0.25, 0.3) is 0 Å². The lowest BCUT2D eigenvalue weighted by Crippen LogP contribution is -2.27. The number of anilines is 1. The van der Waals surface area contributed by atoms with Crippen molar-refractivity contribution in [2.75, 3.05) is 18.0 Å². The fourth-order valence-electron chi connectivity index (χ4n) is 3.21. The van der Waals surface area contributed by atoms with E-state index in [1.54, 1.807) is 12.1 Å². The summed E-state index contributed by atoms with van der Waals surface area (Å²) in [5, 5.41) is 0. The zero-order valence-corrected chi connectivity index (χ0v) is 12.9. The molecule has 0 radical (unpaired) electrons. The van der Waals surface area contributed by atoms with Gasteiger partial charge in [-0.3, -0.25) is 0 Å². The number of halogens is 1. The van der Waals surface area contributed by atoms with Crippen LogP contribution in [-0.4, -0.2) is 13.1 Å². The van der Waals surface area contributed by atoms with Crippen LogP contribution in [0.1, 0.15) is 51.6 Å². The standard InChI is InChI=1S/C17H27FN2/c1-12(2)14-5-4-9-20(10-8-14)17-7-6-15(18)11-16(17)13(3)19/h6-7,11-14H,4-5,8-10,19H2,1-3H3/t13-,14?/m1/s1. The quantitative estimate of drug-likeness (QED) is 0.901. The third-order valence-corrected chi connectivity index (χ3v) is 4.54. The van der Waals surface area contributed by atoms with Crippen LogP contribution in [0, 0.1) is 17.7 Å². The van der Waals surface area contributed by atoms with Crippen molar-refractivity contribution >= 4 is 5.69 Å². The molecule has 3 heteroatoms. The lowest BCUT2D eigenvalue weighted by molar-refractivity contribution is 0.351. The number of nitrogens with zero attached hydrogens (tertiary/aromatic N) is 1. The predicted octanol–water partition coefficient (Wildman–Crippen LogP) is 4.11. The van der Waals surface area contributed by atoms with E-state index in [4.69, 9.17) is 5.73 Å². The van der Waals surface area contributed by atoms with Crippen LogP contribution in [-0.2, 0) is 0 Å². The van der Waals surface area contributed by atoms with Crippen LogP contribution < -0.4 is 10.6 Å². The first-order valence-electron chi connectivity index (χ1n) is 7.79. The van der Waals surface area contributed by atoms with Crippen molar-refractivity contribution in [1.82, 2.24) is 0 Å².